The second kappa shape index (κ2) is 7.46. The standard InChI is InChI=1S/C20H21FN6O/c1-13-3-4-16(11-22-13)27-19(18-12-23-14(2)10-24-18)9-17(25-27)20(28)26-7-5-15(21)6-8-26/h3-4,9-12,15H,5-8H2,1-2H3. The van der Waals surface area contributed by atoms with E-state index in [-0.39, 0.29) is 5.91 Å². The third kappa shape index (κ3) is 3.62. The van der Waals surface area contributed by atoms with Gasteiger partial charge in [0.15, 0.2) is 5.69 Å². The molecule has 0 aliphatic carbocycles. The molecule has 0 radical (unpaired) electrons. The van der Waals surface area contributed by atoms with Gasteiger partial charge in [0.25, 0.3) is 5.91 Å². The zero-order valence-electron chi connectivity index (χ0n) is 15.8. The van der Waals surface area contributed by atoms with Crippen LogP contribution in [0.4, 0.5) is 4.39 Å². The van der Waals surface area contributed by atoms with Crippen LogP contribution in [0, 0.1) is 13.8 Å². The number of carbonyl (C=O) groups is 1. The van der Waals surface area contributed by atoms with Gasteiger partial charge in [0.05, 0.1) is 29.5 Å². The van der Waals surface area contributed by atoms with Crippen LogP contribution in [0.3, 0.4) is 0 Å². The first-order chi connectivity index (χ1) is 13.5. The number of aromatic nitrogens is 5. The van der Waals surface area contributed by atoms with Crippen molar-refractivity contribution in [3.05, 3.63) is 53.9 Å². The molecule has 1 saturated heterocycles. The molecule has 1 aliphatic heterocycles. The van der Waals surface area contributed by atoms with Crippen LogP contribution in [0.1, 0.15) is 34.7 Å². The predicted molar refractivity (Wildman–Crippen MR) is 102 cm³/mol. The molecule has 1 fully saturated rings. The number of likely N-dealkylation sites (tertiary alicyclic amines) is 1. The number of piperidine rings is 1. The van der Waals surface area contributed by atoms with Gasteiger partial charge in [0.1, 0.15) is 11.9 Å². The Morgan fingerprint density at radius 3 is 2.43 bits per heavy atom. The molecule has 3 aromatic rings. The highest BCUT2D eigenvalue weighted by Crippen LogP contribution is 2.24. The van der Waals surface area contributed by atoms with Crippen LogP contribution in [-0.4, -0.2) is 54.8 Å². The summed E-state index contributed by atoms with van der Waals surface area (Å²) in [5, 5.41) is 4.53. The van der Waals surface area contributed by atoms with Crippen LogP contribution in [0.25, 0.3) is 17.1 Å². The second-order valence-electron chi connectivity index (χ2n) is 6.99. The maximum absolute atomic E-state index is 13.4. The van der Waals surface area contributed by atoms with Gasteiger partial charge in [-0.15, -0.1) is 0 Å². The van der Waals surface area contributed by atoms with Crippen molar-refractivity contribution in [3.63, 3.8) is 0 Å². The maximum atomic E-state index is 13.4. The van der Waals surface area contributed by atoms with E-state index in [0.29, 0.717) is 43.0 Å². The van der Waals surface area contributed by atoms with Crippen molar-refractivity contribution in [2.45, 2.75) is 32.9 Å². The van der Waals surface area contributed by atoms with Crippen LogP contribution in [0.2, 0.25) is 0 Å². The van der Waals surface area contributed by atoms with Gasteiger partial charge in [-0.1, -0.05) is 0 Å². The van der Waals surface area contributed by atoms with Crippen LogP contribution < -0.4 is 0 Å². The van der Waals surface area contributed by atoms with E-state index in [2.05, 4.69) is 20.1 Å². The van der Waals surface area contributed by atoms with Gasteiger partial charge >= 0.3 is 0 Å². The number of halogens is 1. The van der Waals surface area contributed by atoms with E-state index in [4.69, 9.17) is 0 Å². The zero-order chi connectivity index (χ0) is 19.7. The van der Waals surface area contributed by atoms with Gasteiger partial charge in [-0.25, -0.2) is 9.07 Å². The lowest BCUT2D eigenvalue weighted by molar-refractivity contribution is 0.0660. The molecule has 0 aromatic carbocycles. The number of aryl methyl sites for hydroxylation is 2. The Labute approximate surface area is 162 Å². The highest BCUT2D eigenvalue weighted by atomic mass is 19.1. The van der Waals surface area contributed by atoms with Crippen molar-refractivity contribution < 1.29 is 9.18 Å². The number of hydrogen-bond acceptors (Lipinski definition) is 5. The quantitative estimate of drug-likeness (QED) is 0.698. The first kappa shape index (κ1) is 18.2. The molecule has 3 aromatic heterocycles. The van der Waals surface area contributed by atoms with Crippen molar-refractivity contribution in [2.24, 2.45) is 0 Å². The van der Waals surface area contributed by atoms with E-state index in [1.807, 2.05) is 26.0 Å². The molecule has 0 unspecified atom stereocenters. The Bertz CT molecular complexity index is 912. The summed E-state index contributed by atoms with van der Waals surface area (Å²) in [5.74, 6) is -0.202. The highest BCUT2D eigenvalue weighted by Gasteiger charge is 2.26. The summed E-state index contributed by atoms with van der Waals surface area (Å²) in [7, 11) is 0. The summed E-state index contributed by atoms with van der Waals surface area (Å²) in [6, 6.07) is 5.49. The molecular weight excluding hydrogens is 359 g/mol. The van der Waals surface area contributed by atoms with E-state index in [9.17, 15) is 9.18 Å². The summed E-state index contributed by atoms with van der Waals surface area (Å²) in [6.07, 6.45) is 4.94. The van der Waals surface area contributed by atoms with Crippen molar-refractivity contribution >= 4 is 5.91 Å². The highest BCUT2D eigenvalue weighted by molar-refractivity contribution is 5.93. The Balaban J connectivity index is 1.74. The van der Waals surface area contributed by atoms with Crippen LogP contribution >= 0.6 is 0 Å². The fraction of sp³-hybridized carbons (Fsp3) is 0.350. The summed E-state index contributed by atoms with van der Waals surface area (Å²) < 4.78 is 15.1. The van der Waals surface area contributed by atoms with Crippen LogP contribution in [-0.2, 0) is 0 Å². The first-order valence-electron chi connectivity index (χ1n) is 9.27. The third-order valence-corrected chi connectivity index (χ3v) is 4.82. The van der Waals surface area contributed by atoms with Crippen molar-refractivity contribution in [2.75, 3.05) is 13.1 Å². The minimum atomic E-state index is -0.835. The molecule has 0 spiro atoms. The van der Waals surface area contributed by atoms with Gasteiger partial charge in [0, 0.05) is 25.0 Å². The molecule has 4 heterocycles. The predicted octanol–water partition coefficient (Wildman–Crippen LogP) is 2.92. The molecule has 8 heteroatoms. The number of amides is 1. The number of nitrogens with zero attached hydrogens (tertiary/aromatic N) is 6. The molecule has 0 bridgehead atoms. The Hall–Kier alpha value is -3.16. The molecule has 144 valence electrons. The number of alkyl halides is 1. The van der Waals surface area contributed by atoms with E-state index in [1.165, 1.54) is 0 Å². The molecule has 1 amide bonds. The van der Waals surface area contributed by atoms with E-state index in [0.717, 1.165) is 17.1 Å². The molecular formula is C20H21FN6O. The fourth-order valence-corrected chi connectivity index (χ4v) is 3.19. The van der Waals surface area contributed by atoms with E-state index in [1.54, 1.807) is 34.2 Å². The first-order valence-corrected chi connectivity index (χ1v) is 9.27. The second-order valence-corrected chi connectivity index (χ2v) is 6.99. The number of pyridine rings is 1. The maximum Gasteiger partial charge on any atom is 0.274 e. The number of rotatable bonds is 3. The molecule has 4 rings (SSSR count). The molecule has 28 heavy (non-hydrogen) atoms. The summed E-state index contributed by atoms with van der Waals surface area (Å²) in [5.41, 5.74) is 3.98. The zero-order valence-corrected chi connectivity index (χ0v) is 15.8. The summed E-state index contributed by atoms with van der Waals surface area (Å²) in [6.45, 7) is 4.57. The monoisotopic (exact) mass is 380 g/mol. The SMILES string of the molecule is Cc1ccc(-n2nc(C(=O)N3CCC(F)CC3)cc2-c2cnc(C)cn2)cn1. The van der Waals surface area contributed by atoms with E-state index < -0.39 is 6.17 Å². The number of carbonyl (C=O) groups excluding carboxylic acids is 1. The molecule has 0 saturated carbocycles. The van der Waals surface area contributed by atoms with Gasteiger partial charge in [-0.2, -0.15) is 5.10 Å². The Morgan fingerprint density at radius 2 is 1.79 bits per heavy atom. The lowest BCUT2D eigenvalue weighted by Crippen LogP contribution is -2.39. The summed E-state index contributed by atoms with van der Waals surface area (Å²) >= 11 is 0. The number of hydrogen-bond donors (Lipinski definition) is 0. The average molecular weight is 380 g/mol. The lowest BCUT2D eigenvalue weighted by Gasteiger charge is -2.27. The van der Waals surface area contributed by atoms with Crippen molar-refractivity contribution in [3.8, 4) is 17.1 Å². The summed E-state index contributed by atoms with van der Waals surface area (Å²) in [4.78, 5) is 27.6. The largest absolute Gasteiger partial charge is 0.337 e. The van der Waals surface area contributed by atoms with Crippen LogP contribution in [0.5, 0.6) is 0 Å². The van der Waals surface area contributed by atoms with Gasteiger partial charge in [-0.3, -0.25) is 19.7 Å². The molecule has 7 nitrogen and oxygen atoms in total. The molecule has 1 aliphatic rings. The minimum Gasteiger partial charge on any atom is -0.337 e. The normalized spacial score (nSPS) is 15.0. The van der Waals surface area contributed by atoms with Crippen molar-refractivity contribution in [1.82, 2.24) is 29.6 Å². The third-order valence-electron chi connectivity index (χ3n) is 4.82. The molecule has 0 N–H and O–H groups in total. The van der Waals surface area contributed by atoms with Gasteiger partial charge in [-0.05, 0) is 44.9 Å². The molecule has 0 atom stereocenters. The van der Waals surface area contributed by atoms with E-state index >= 15 is 0 Å². The minimum absolute atomic E-state index is 0.202. The van der Waals surface area contributed by atoms with Crippen LogP contribution in [0.15, 0.2) is 36.8 Å². The average Bonchev–Trinajstić information content (AvgIpc) is 3.14. The fourth-order valence-electron chi connectivity index (χ4n) is 3.19. The Kier molecular flexibility index (Phi) is 4.85. The lowest BCUT2D eigenvalue weighted by atomic mass is 10.1. The van der Waals surface area contributed by atoms with Gasteiger partial charge in [0.2, 0.25) is 0 Å². The van der Waals surface area contributed by atoms with Gasteiger partial charge < -0.3 is 4.90 Å². The Morgan fingerprint density at radius 1 is 1.04 bits per heavy atom. The smallest absolute Gasteiger partial charge is 0.274 e. The van der Waals surface area contributed by atoms with Crippen molar-refractivity contribution in [1.29, 1.82) is 0 Å². The topological polar surface area (TPSA) is 76.8 Å².